The number of carbonyl (C=O) groups is 1. The van der Waals surface area contributed by atoms with E-state index < -0.39 is 0 Å². The molecular formula is C45H70O. The zero-order valence-electron chi connectivity index (χ0n) is 30.2. The molecule has 4 rings (SSSR count). The number of hydrogen-bond acceptors (Lipinski definition) is 1. The summed E-state index contributed by atoms with van der Waals surface area (Å²) < 4.78 is 0. The molecule has 0 unspecified atom stereocenters. The van der Waals surface area contributed by atoms with Crippen LogP contribution in [-0.2, 0) is 17.6 Å². The average Bonchev–Trinajstić information content (AvgIpc) is 3.09. The molecule has 0 aromatic heterocycles. The molecule has 0 saturated heterocycles. The number of unbranched alkanes of at least 4 members (excludes halogenated alkanes) is 8. The van der Waals surface area contributed by atoms with Gasteiger partial charge in [-0.05, 0) is 123 Å². The lowest BCUT2D eigenvalue weighted by Crippen LogP contribution is -2.13. The fraction of sp³-hybridized carbons (Fsp3) is 0.711. The second-order valence-corrected chi connectivity index (χ2v) is 15.6. The fourth-order valence-corrected chi connectivity index (χ4v) is 8.66. The van der Waals surface area contributed by atoms with Gasteiger partial charge in [-0.15, -0.1) is 0 Å². The van der Waals surface area contributed by atoms with Crippen molar-refractivity contribution in [3.63, 3.8) is 0 Å². The number of aryl methyl sites for hydroxylation is 2. The molecule has 0 N–H and O–H groups in total. The van der Waals surface area contributed by atoms with E-state index in [1.165, 1.54) is 140 Å². The Morgan fingerprint density at radius 3 is 1.22 bits per heavy atom. The third-order valence-corrected chi connectivity index (χ3v) is 11.9. The van der Waals surface area contributed by atoms with E-state index in [1.54, 1.807) is 11.1 Å². The van der Waals surface area contributed by atoms with Crippen LogP contribution in [0.3, 0.4) is 0 Å². The minimum absolute atomic E-state index is 0.442. The van der Waals surface area contributed by atoms with Crippen LogP contribution in [0.15, 0.2) is 48.5 Å². The maximum absolute atomic E-state index is 12.6. The molecule has 0 amide bonds. The Bertz CT molecular complexity index is 964. The third kappa shape index (κ3) is 13.7. The topological polar surface area (TPSA) is 17.1 Å². The van der Waals surface area contributed by atoms with Crippen molar-refractivity contribution in [1.82, 2.24) is 0 Å². The number of Topliss-reactive ketones (excluding diaryl/α,β-unsaturated/α-hetero) is 1. The van der Waals surface area contributed by atoms with Gasteiger partial charge in [0, 0.05) is 12.8 Å². The van der Waals surface area contributed by atoms with Crippen LogP contribution < -0.4 is 0 Å². The molecule has 0 radical (unpaired) electrons. The van der Waals surface area contributed by atoms with Crippen LogP contribution in [0.5, 0.6) is 0 Å². The van der Waals surface area contributed by atoms with Crippen LogP contribution in [0.25, 0.3) is 0 Å². The van der Waals surface area contributed by atoms with Crippen LogP contribution in [-0.4, -0.2) is 5.78 Å². The van der Waals surface area contributed by atoms with Gasteiger partial charge in [0.15, 0.2) is 0 Å². The lowest BCUT2D eigenvalue weighted by molar-refractivity contribution is -0.119. The molecule has 2 fully saturated rings. The monoisotopic (exact) mass is 627 g/mol. The molecule has 2 saturated carbocycles. The summed E-state index contributed by atoms with van der Waals surface area (Å²) in [6, 6.07) is 18.9. The van der Waals surface area contributed by atoms with Crippen molar-refractivity contribution < 1.29 is 4.79 Å². The van der Waals surface area contributed by atoms with Crippen molar-refractivity contribution in [3.8, 4) is 0 Å². The Labute approximate surface area is 285 Å². The lowest BCUT2D eigenvalue weighted by atomic mass is 9.77. The van der Waals surface area contributed by atoms with Gasteiger partial charge in [0.1, 0.15) is 5.78 Å². The van der Waals surface area contributed by atoms with E-state index in [9.17, 15) is 4.79 Å². The minimum Gasteiger partial charge on any atom is -0.300 e. The Morgan fingerprint density at radius 1 is 0.478 bits per heavy atom. The van der Waals surface area contributed by atoms with Crippen LogP contribution in [0, 0.1) is 11.8 Å². The molecule has 2 aliphatic rings. The highest BCUT2D eigenvalue weighted by molar-refractivity contribution is 5.78. The Morgan fingerprint density at radius 2 is 0.848 bits per heavy atom. The molecule has 0 heterocycles. The van der Waals surface area contributed by atoms with Crippen molar-refractivity contribution in [2.45, 2.75) is 193 Å². The van der Waals surface area contributed by atoms with Crippen LogP contribution in [0.4, 0.5) is 0 Å². The van der Waals surface area contributed by atoms with Gasteiger partial charge in [0.25, 0.3) is 0 Å². The van der Waals surface area contributed by atoms with Crippen molar-refractivity contribution >= 4 is 5.78 Å². The summed E-state index contributed by atoms with van der Waals surface area (Å²) in [6.07, 6.45) is 33.7. The van der Waals surface area contributed by atoms with E-state index in [-0.39, 0.29) is 0 Å². The quantitative estimate of drug-likeness (QED) is 0.119. The number of benzene rings is 2. The van der Waals surface area contributed by atoms with Gasteiger partial charge in [-0.3, -0.25) is 4.79 Å². The van der Waals surface area contributed by atoms with Crippen LogP contribution >= 0.6 is 0 Å². The molecule has 0 aliphatic heterocycles. The van der Waals surface area contributed by atoms with E-state index in [4.69, 9.17) is 0 Å². The third-order valence-electron chi connectivity index (χ3n) is 11.9. The standard InChI is InChI=1S/C45H70O/c1-3-5-7-9-11-15-37-21-29-41(30-22-37)43-33-25-39(26-34-43)17-13-19-45(46)20-14-18-40-27-35-44(36-28-40)42-31-23-38(24-32-42)16-12-10-8-6-4-2/h25-28,33-38,41-42H,3-24,29-32H2,1-2H3/t37-,38?,41-,42?. The van der Waals surface area contributed by atoms with Gasteiger partial charge in [0.05, 0.1) is 0 Å². The van der Waals surface area contributed by atoms with Crippen LogP contribution in [0.2, 0.25) is 0 Å². The van der Waals surface area contributed by atoms with E-state index >= 15 is 0 Å². The molecule has 2 aromatic rings. The van der Waals surface area contributed by atoms with E-state index in [0.717, 1.165) is 62.2 Å². The Hall–Kier alpha value is -1.89. The summed E-state index contributed by atoms with van der Waals surface area (Å²) >= 11 is 0. The first kappa shape index (κ1) is 36.9. The zero-order valence-corrected chi connectivity index (χ0v) is 30.2. The number of rotatable bonds is 22. The summed E-state index contributed by atoms with van der Waals surface area (Å²) in [5.74, 6) is 3.92. The predicted molar refractivity (Wildman–Crippen MR) is 200 cm³/mol. The summed E-state index contributed by atoms with van der Waals surface area (Å²) in [6.45, 7) is 4.61. The van der Waals surface area contributed by atoms with Gasteiger partial charge in [0.2, 0.25) is 0 Å². The summed E-state index contributed by atoms with van der Waals surface area (Å²) in [5.41, 5.74) is 5.89. The fourth-order valence-electron chi connectivity index (χ4n) is 8.66. The second-order valence-electron chi connectivity index (χ2n) is 15.6. The smallest absolute Gasteiger partial charge is 0.132 e. The molecule has 0 bridgehead atoms. The minimum atomic E-state index is 0.442. The van der Waals surface area contributed by atoms with E-state index in [1.807, 2.05) is 0 Å². The predicted octanol–water partition coefficient (Wildman–Crippen LogP) is 13.9. The molecule has 1 nitrogen and oxygen atoms in total. The number of ketones is 1. The maximum atomic E-state index is 12.6. The van der Waals surface area contributed by atoms with Gasteiger partial charge in [-0.2, -0.15) is 0 Å². The van der Waals surface area contributed by atoms with Crippen molar-refractivity contribution in [1.29, 1.82) is 0 Å². The first-order valence-corrected chi connectivity index (χ1v) is 20.3. The van der Waals surface area contributed by atoms with Gasteiger partial charge in [-0.25, -0.2) is 0 Å². The van der Waals surface area contributed by atoms with Gasteiger partial charge >= 0.3 is 0 Å². The van der Waals surface area contributed by atoms with E-state index in [0.29, 0.717) is 5.78 Å². The maximum Gasteiger partial charge on any atom is 0.132 e. The van der Waals surface area contributed by atoms with Crippen LogP contribution in [0.1, 0.15) is 202 Å². The number of carbonyl (C=O) groups excluding carboxylic acids is 1. The molecular weight excluding hydrogens is 556 g/mol. The molecule has 2 aromatic carbocycles. The van der Waals surface area contributed by atoms with Crippen molar-refractivity contribution in [2.24, 2.45) is 11.8 Å². The Balaban J connectivity index is 1.03. The van der Waals surface area contributed by atoms with E-state index in [2.05, 4.69) is 62.4 Å². The SMILES string of the molecule is CCCCCCCC1CCC(c2ccc(CCCC(=O)CCCc3ccc([C@H]4CC[C@H](CCCCCCC)CC4)cc3)cc2)CC1. The summed E-state index contributed by atoms with van der Waals surface area (Å²) in [4.78, 5) is 12.6. The highest BCUT2D eigenvalue weighted by atomic mass is 16.1. The molecule has 2 aliphatic carbocycles. The molecule has 1 heteroatoms. The van der Waals surface area contributed by atoms with Gasteiger partial charge in [-0.1, -0.05) is 139 Å². The first-order chi connectivity index (χ1) is 22.6. The molecule has 256 valence electrons. The highest BCUT2D eigenvalue weighted by Crippen LogP contribution is 2.39. The summed E-state index contributed by atoms with van der Waals surface area (Å²) in [5, 5.41) is 0. The lowest BCUT2D eigenvalue weighted by Gasteiger charge is -2.29. The largest absolute Gasteiger partial charge is 0.300 e. The zero-order chi connectivity index (χ0) is 32.2. The molecule has 0 spiro atoms. The average molecular weight is 627 g/mol. The second kappa shape index (κ2) is 21.9. The first-order valence-electron chi connectivity index (χ1n) is 20.3. The molecule has 46 heavy (non-hydrogen) atoms. The summed E-state index contributed by atoms with van der Waals surface area (Å²) in [7, 11) is 0. The van der Waals surface area contributed by atoms with Crippen molar-refractivity contribution in [2.75, 3.05) is 0 Å². The van der Waals surface area contributed by atoms with Gasteiger partial charge < -0.3 is 0 Å². The molecule has 0 atom stereocenters. The number of hydrogen-bond donors (Lipinski definition) is 0. The Kier molecular flexibility index (Phi) is 17.6. The normalized spacial score (nSPS) is 21.8. The van der Waals surface area contributed by atoms with Crippen molar-refractivity contribution in [3.05, 3.63) is 70.8 Å². The highest BCUT2D eigenvalue weighted by Gasteiger charge is 2.23.